The van der Waals surface area contributed by atoms with Crippen LogP contribution >= 0.6 is 11.6 Å². The molecule has 0 aliphatic heterocycles. The van der Waals surface area contributed by atoms with Crippen LogP contribution in [0.2, 0.25) is 5.02 Å². The molecule has 108 valence electrons. The monoisotopic (exact) mass is 316 g/mol. The van der Waals surface area contributed by atoms with Gasteiger partial charge in [0.25, 0.3) is 0 Å². The molecule has 0 spiro atoms. The lowest BCUT2D eigenvalue weighted by atomic mass is 10.2. The summed E-state index contributed by atoms with van der Waals surface area (Å²) in [5.74, 6) is -0.675. The molecule has 0 saturated heterocycles. The molecule has 0 aliphatic carbocycles. The minimum atomic E-state index is -3.59. The third kappa shape index (κ3) is 5.07. The van der Waals surface area contributed by atoms with Gasteiger partial charge in [0.2, 0.25) is 10.0 Å². The smallest absolute Gasteiger partial charge is 0.305 e. The van der Waals surface area contributed by atoms with E-state index in [1.807, 2.05) is 6.07 Å². The van der Waals surface area contributed by atoms with E-state index in [4.69, 9.17) is 16.9 Å². The molecule has 0 aromatic heterocycles. The van der Waals surface area contributed by atoms with E-state index < -0.39 is 16.0 Å². The molecule has 1 N–H and O–H groups in total. The number of anilines is 1. The Labute approximate surface area is 122 Å². The number of nitriles is 1. The van der Waals surface area contributed by atoms with Crippen LogP contribution in [0.5, 0.6) is 0 Å². The quantitative estimate of drug-likeness (QED) is 0.809. The summed E-state index contributed by atoms with van der Waals surface area (Å²) in [7, 11) is -2.34. The highest BCUT2D eigenvalue weighted by molar-refractivity contribution is 7.92. The maximum atomic E-state index is 11.8. The van der Waals surface area contributed by atoms with E-state index in [1.54, 1.807) is 0 Å². The molecule has 1 aromatic carbocycles. The average Bonchev–Trinajstić information content (AvgIpc) is 2.40. The highest BCUT2D eigenvalue weighted by atomic mass is 35.5. The molecule has 0 amide bonds. The summed E-state index contributed by atoms with van der Waals surface area (Å²) in [6.45, 7) is 0. The number of esters is 1. The van der Waals surface area contributed by atoms with Crippen molar-refractivity contribution < 1.29 is 17.9 Å². The van der Waals surface area contributed by atoms with Gasteiger partial charge in [-0.15, -0.1) is 0 Å². The lowest BCUT2D eigenvalue weighted by Gasteiger charge is -2.08. The zero-order valence-electron chi connectivity index (χ0n) is 10.7. The van der Waals surface area contributed by atoms with Crippen molar-refractivity contribution in [1.82, 2.24) is 0 Å². The number of carbonyl (C=O) groups is 1. The second-order valence-electron chi connectivity index (χ2n) is 3.91. The van der Waals surface area contributed by atoms with Gasteiger partial charge in [0, 0.05) is 12.1 Å². The minimum absolute atomic E-state index is 0.0292. The van der Waals surface area contributed by atoms with E-state index in [0.29, 0.717) is 0 Å². The average molecular weight is 317 g/mol. The third-order valence-corrected chi connectivity index (χ3v) is 4.08. The first-order chi connectivity index (χ1) is 9.38. The number of sulfonamides is 1. The van der Waals surface area contributed by atoms with Crippen molar-refractivity contribution in [3.8, 4) is 6.07 Å². The highest BCUT2D eigenvalue weighted by Crippen LogP contribution is 2.20. The summed E-state index contributed by atoms with van der Waals surface area (Å²) in [4.78, 5) is 10.9. The summed E-state index contributed by atoms with van der Waals surface area (Å²) in [6.07, 6.45) is 0.183. The highest BCUT2D eigenvalue weighted by Gasteiger charge is 2.13. The predicted octanol–water partition coefficient (Wildman–Crippen LogP) is 1.91. The molecule has 8 heteroatoms. The van der Waals surface area contributed by atoms with Crippen LogP contribution in [-0.2, 0) is 19.6 Å². The number of methoxy groups -OCH3 is 1. The van der Waals surface area contributed by atoms with Gasteiger partial charge in [-0.3, -0.25) is 9.52 Å². The Morgan fingerprint density at radius 2 is 2.20 bits per heavy atom. The van der Waals surface area contributed by atoms with Gasteiger partial charge in [-0.05, 0) is 24.6 Å². The minimum Gasteiger partial charge on any atom is -0.469 e. The number of hydrogen-bond donors (Lipinski definition) is 1. The van der Waals surface area contributed by atoms with Crippen molar-refractivity contribution in [2.24, 2.45) is 0 Å². The van der Waals surface area contributed by atoms with Crippen LogP contribution in [0, 0.1) is 11.3 Å². The standard InChI is InChI=1S/C12H13ClN2O4S/c1-19-12(16)3-2-6-20(17,18)15-10-4-5-11(13)9(7-10)8-14/h4-5,7,15H,2-3,6H2,1H3. The first-order valence-corrected chi connectivity index (χ1v) is 7.68. The van der Waals surface area contributed by atoms with Gasteiger partial charge in [0.1, 0.15) is 6.07 Å². The largest absolute Gasteiger partial charge is 0.469 e. The SMILES string of the molecule is COC(=O)CCCS(=O)(=O)Nc1ccc(Cl)c(C#N)c1. The number of halogens is 1. The molecule has 1 rings (SSSR count). The summed E-state index contributed by atoms with van der Waals surface area (Å²) < 4.78 is 30.3. The van der Waals surface area contributed by atoms with Crippen LogP contribution in [-0.4, -0.2) is 27.2 Å². The number of benzene rings is 1. The Kier molecular flexibility index (Phi) is 5.80. The van der Waals surface area contributed by atoms with Crippen LogP contribution in [0.1, 0.15) is 18.4 Å². The summed E-state index contributed by atoms with van der Waals surface area (Å²) in [6, 6.07) is 6.10. The number of rotatable bonds is 6. The van der Waals surface area contributed by atoms with Gasteiger partial charge in [-0.2, -0.15) is 5.26 Å². The van der Waals surface area contributed by atoms with Gasteiger partial charge in [-0.25, -0.2) is 8.42 Å². The van der Waals surface area contributed by atoms with Crippen LogP contribution < -0.4 is 4.72 Å². The lowest BCUT2D eigenvalue weighted by Crippen LogP contribution is -2.17. The first kappa shape index (κ1) is 16.3. The Hall–Kier alpha value is -1.78. The molecular weight excluding hydrogens is 304 g/mol. The molecule has 0 unspecified atom stereocenters. The van der Waals surface area contributed by atoms with Crippen LogP contribution in [0.25, 0.3) is 0 Å². The summed E-state index contributed by atoms with van der Waals surface area (Å²) in [5.41, 5.74) is 0.436. The van der Waals surface area contributed by atoms with E-state index in [9.17, 15) is 13.2 Å². The number of hydrogen-bond acceptors (Lipinski definition) is 5. The molecule has 0 fully saturated rings. The Bertz CT molecular complexity index is 637. The molecule has 0 aliphatic rings. The van der Waals surface area contributed by atoms with Crippen LogP contribution in [0.15, 0.2) is 18.2 Å². The van der Waals surface area contributed by atoms with Crippen molar-refractivity contribution in [1.29, 1.82) is 5.26 Å². The Morgan fingerprint density at radius 3 is 2.80 bits per heavy atom. The molecular formula is C12H13ClN2O4S. The molecule has 1 aromatic rings. The summed E-state index contributed by atoms with van der Waals surface area (Å²) in [5, 5.41) is 9.06. The fourth-order valence-electron chi connectivity index (χ4n) is 1.41. The molecule has 0 bridgehead atoms. The van der Waals surface area contributed by atoms with Gasteiger partial charge < -0.3 is 4.74 Å². The maximum absolute atomic E-state index is 11.8. The number of carbonyl (C=O) groups excluding carboxylic acids is 1. The van der Waals surface area contributed by atoms with Crippen molar-refractivity contribution in [3.63, 3.8) is 0 Å². The number of nitrogens with zero attached hydrogens (tertiary/aromatic N) is 1. The Morgan fingerprint density at radius 1 is 1.50 bits per heavy atom. The molecule has 0 atom stereocenters. The Balaban J connectivity index is 2.67. The normalized spacial score (nSPS) is 10.7. The van der Waals surface area contributed by atoms with Crippen molar-refractivity contribution >= 4 is 33.3 Å². The lowest BCUT2D eigenvalue weighted by molar-refractivity contribution is -0.140. The molecule has 0 heterocycles. The third-order valence-electron chi connectivity index (χ3n) is 2.38. The first-order valence-electron chi connectivity index (χ1n) is 5.65. The van der Waals surface area contributed by atoms with E-state index in [0.717, 1.165) is 0 Å². The van der Waals surface area contributed by atoms with E-state index >= 15 is 0 Å². The second kappa shape index (κ2) is 7.12. The second-order valence-corrected chi connectivity index (χ2v) is 6.16. The molecule has 0 radical (unpaired) electrons. The van der Waals surface area contributed by atoms with Gasteiger partial charge >= 0.3 is 5.97 Å². The van der Waals surface area contributed by atoms with Crippen LogP contribution in [0.4, 0.5) is 5.69 Å². The fourth-order valence-corrected chi connectivity index (χ4v) is 2.69. The molecule has 20 heavy (non-hydrogen) atoms. The van der Waals surface area contributed by atoms with E-state index in [2.05, 4.69) is 9.46 Å². The van der Waals surface area contributed by atoms with Crippen LogP contribution in [0.3, 0.4) is 0 Å². The molecule has 0 saturated carbocycles. The van der Waals surface area contributed by atoms with Gasteiger partial charge in [-0.1, -0.05) is 11.6 Å². The van der Waals surface area contributed by atoms with Crippen molar-refractivity contribution in [3.05, 3.63) is 28.8 Å². The van der Waals surface area contributed by atoms with E-state index in [1.165, 1.54) is 25.3 Å². The zero-order chi connectivity index (χ0) is 15.2. The zero-order valence-corrected chi connectivity index (χ0v) is 12.3. The maximum Gasteiger partial charge on any atom is 0.305 e. The summed E-state index contributed by atoms with van der Waals surface area (Å²) >= 11 is 5.75. The topological polar surface area (TPSA) is 96.3 Å². The van der Waals surface area contributed by atoms with Crippen molar-refractivity contribution in [2.75, 3.05) is 17.6 Å². The van der Waals surface area contributed by atoms with Gasteiger partial charge in [0.05, 0.1) is 23.4 Å². The number of ether oxygens (including phenoxy) is 1. The number of nitrogens with one attached hydrogen (secondary N) is 1. The van der Waals surface area contributed by atoms with Gasteiger partial charge in [0.15, 0.2) is 0 Å². The van der Waals surface area contributed by atoms with Crippen molar-refractivity contribution in [2.45, 2.75) is 12.8 Å². The molecule has 6 nitrogen and oxygen atoms in total. The fraction of sp³-hybridized carbons (Fsp3) is 0.333. The predicted molar refractivity (Wildman–Crippen MR) is 74.8 cm³/mol. The van der Waals surface area contributed by atoms with E-state index in [-0.39, 0.29) is 34.9 Å².